The molecule has 1 amide bonds. The molecule has 6 heteroatoms. The molecule has 0 aromatic carbocycles. The summed E-state index contributed by atoms with van der Waals surface area (Å²) in [5.74, 6) is -1.47. The molecule has 0 spiro atoms. The van der Waals surface area contributed by atoms with E-state index in [0.29, 0.717) is 25.9 Å². The van der Waals surface area contributed by atoms with Crippen LogP contribution < -0.4 is 11.1 Å². The minimum atomic E-state index is -1.04. The molecule has 0 aromatic heterocycles. The van der Waals surface area contributed by atoms with Crippen LogP contribution in [0, 0.1) is 0 Å². The number of carbonyl (C=O) groups excluding carboxylic acids is 1. The molecule has 0 rings (SSSR count). The quantitative estimate of drug-likeness (QED) is 0.499. The molecule has 0 fully saturated rings. The highest BCUT2D eigenvalue weighted by molar-refractivity contribution is 5.86. The van der Waals surface area contributed by atoms with Crippen molar-refractivity contribution in [2.24, 2.45) is 5.73 Å². The van der Waals surface area contributed by atoms with Crippen LogP contribution >= 0.6 is 0 Å². The van der Waals surface area contributed by atoms with E-state index >= 15 is 0 Å². The second kappa shape index (κ2) is 8.06. The highest BCUT2D eigenvalue weighted by Crippen LogP contribution is 1.97. The third-order valence-electron chi connectivity index (χ3n) is 2.22. The number of methoxy groups -OCH3 is 1. The van der Waals surface area contributed by atoms with E-state index in [1.165, 1.54) is 0 Å². The van der Waals surface area contributed by atoms with Crippen LogP contribution in [-0.4, -0.2) is 42.8 Å². The molecule has 0 aliphatic heterocycles. The van der Waals surface area contributed by atoms with Gasteiger partial charge in [0.25, 0.3) is 0 Å². The summed E-state index contributed by atoms with van der Waals surface area (Å²) in [6, 6.07) is -1.54. The minimum Gasteiger partial charge on any atom is -0.480 e. The lowest BCUT2D eigenvalue weighted by Gasteiger charge is -2.16. The van der Waals surface area contributed by atoms with Crippen molar-refractivity contribution in [2.45, 2.75) is 38.3 Å². The van der Waals surface area contributed by atoms with Crippen LogP contribution in [0.2, 0.25) is 0 Å². The average molecular weight is 232 g/mol. The molecule has 0 saturated heterocycles. The topological polar surface area (TPSA) is 102 Å². The maximum absolute atomic E-state index is 11.5. The van der Waals surface area contributed by atoms with Gasteiger partial charge in [-0.05, 0) is 19.3 Å². The number of carboxylic acids is 1. The smallest absolute Gasteiger partial charge is 0.326 e. The highest BCUT2D eigenvalue weighted by Gasteiger charge is 2.21. The first-order valence-electron chi connectivity index (χ1n) is 5.30. The van der Waals surface area contributed by atoms with E-state index in [9.17, 15) is 9.59 Å². The SMILES string of the molecule is CC[C@H](NC(=O)C(N)CCCOC)C(=O)O. The molecule has 0 bridgehead atoms. The van der Waals surface area contributed by atoms with Gasteiger partial charge < -0.3 is 20.9 Å². The molecule has 2 atom stereocenters. The van der Waals surface area contributed by atoms with E-state index in [2.05, 4.69) is 5.32 Å². The summed E-state index contributed by atoms with van der Waals surface area (Å²) in [4.78, 5) is 22.1. The van der Waals surface area contributed by atoms with Gasteiger partial charge in [-0.25, -0.2) is 4.79 Å². The van der Waals surface area contributed by atoms with Crippen LogP contribution in [0.3, 0.4) is 0 Å². The van der Waals surface area contributed by atoms with Crippen LogP contribution in [0.1, 0.15) is 26.2 Å². The zero-order valence-corrected chi connectivity index (χ0v) is 9.73. The molecular weight excluding hydrogens is 212 g/mol. The fraction of sp³-hybridized carbons (Fsp3) is 0.800. The number of carbonyl (C=O) groups is 2. The highest BCUT2D eigenvalue weighted by atomic mass is 16.5. The second-order valence-electron chi connectivity index (χ2n) is 3.55. The van der Waals surface area contributed by atoms with Crippen molar-refractivity contribution in [1.29, 1.82) is 0 Å². The summed E-state index contributed by atoms with van der Waals surface area (Å²) in [5.41, 5.74) is 5.60. The van der Waals surface area contributed by atoms with Crippen molar-refractivity contribution in [1.82, 2.24) is 5.32 Å². The normalized spacial score (nSPS) is 14.2. The average Bonchev–Trinajstić information content (AvgIpc) is 2.25. The Morgan fingerprint density at radius 3 is 2.56 bits per heavy atom. The maximum atomic E-state index is 11.5. The summed E-state index contributed by atoms with van der Waals surface area (Å²) in [6.07, 6.45) is 1.50. The lowest BCUT2D eigenvalue weighted by atomic mass is 10.1. The van der Waals surface area contributed by atoms with E-state index in [-0.39, 0.29) is 0 Å². The summed E-state index contributed by atoms with van der Waals surface area (Å²) >= 11 is 0. The molecule has 0 aliphatic rings. The lowest BCUT2D eigenvalue weighted by Crippen LogP contribution is -2.48. The lowest BCUT2D eigenvalue weighted by molar-refractivity contribution is -0.142. The Hall–Kier alpha value is -1.14. The summed E-state index contributed by atoms with van der Waals surface area (Å²) < 4.78 is 4.83. The van der Waals surface area contributed by atoms with Crippen LogP contribution in [0.25, 0.3) is 0 Å². The molecular formula is C10H20N2O4. The molecule has 1 unspecified atom stereocenters. The number of carboxylic acid groups (broad SMARTS) is 1. The molecule has 6 nitrogen and oxygen atoms in total. The molecule has 0 saturated carbocycles. The number of aliphatic carboxylic acids is 1. The van der Waals surface area contributed by atoms with Crippen LogP contribution in [-0.2, 0) is 14.3 Å². The fourth-order valence-electron chi connectivity index (χ4n) is 1.20. The van der Waals surface area contributed by atoms with E-state index in [1.54, 1.807) is 14.0 Å². The third-order valence-corrected chi connectivity index (χ3v) is 2.22. The maximum Gasteiger partial charge on any atom is 0.326 e. The zero-order valence-electron chi connectivity index (χ0n) is 9.73. The zero-order chi connectivity index (χ0) is 12.6. The molecule has 4 N–H and O–H groups in total. The Bertz CT molecular complexity index is 233. The number of hydrogen-bond acceptors (Lipinski definition) is 4. The van der Waals surface area contributed by atoms with Crippen molar-refractivity contribution >= 4 is 11.9 Å². The Kier molecular flexibility index (Phi) is 7.49. The Balaban J connectivity index is 3.98. The van der Waals surface area contributed by atoms with Gasteiger partial charge in [0.2, 0.25) is 5.91 Å². The van der Waals surface area contributed by atoms with Crippen LogP contribution in [0.4, 0.5) is 0 Å². The number of nitrogens with one attached hydrogen (secondary N) is 1. The van der Waals surface area contributed by atoms with E-state index < -0.39 is 24.0 Å². The van der Waals surface area contributed by atoms with Gasteiger partial charge in [-0.3, -0.25) is 4.79 Å². The monoisotopic (exact) mass is 232 g/mol. The predicted octanol–water partition coefficient (Wildman–Crippen LogP) is -0.280. The van der Waals surface area contributed by atoms with Crippen molar-refractivity contribution < 1.29 is 19.4 Å². The summed E-state index contributed by atoms with van der Waals surface area (Å²) in [6.45, 7) is 2.23. The molecule has 0 aliphatic carbocycles. The predicted molar refractivity (Wildman–Crippen MR) is 58.9 cm³/mol. The number of hydrogen-bond donors (Lipinski definition) is 3. The number of ether oxygens (including phenoxy) is 1. The third kappa shape index (κ3) is 5.67. The van der Waals surface area contributed by atoms with Gasteiger partial charge in [0.1, 0.15) is 6.04 Å². The number of rotatable bonds is 8. The van der Waals surface area contributed by atoms with Crippen molar-refractivity contribution in [3.8, 4) is 0 Å². The standard InChI is InChI=1S/C10H20N2O4/c1-3-8(10(14)15)12-9(13)7(11)5-4-6-16-2/h7-8H,3-6,11H2,1-2H3,(H,12,13)(H,14,15)/t7?,8-/m0/s1. The Labute approximate surface area is 95.1 Å². The Morgan fingerprint density at radius 2 is 2.12 bits per heavy atom. The summed E-state index contributed by atoms with van der Waals surface area (Å²) in [5, 5.41) is 11.1. The first kappa shape index (κ1) is 14.9. The largest absolute Gasteiger partial charge is 0.480 e. The van der Waals surface area contributed by atoms with Gasteiger partial charge in [-0.2, -0.15) is 0 Å². The van der Waals surface area contributed by atoms with Crippen LogP contribution in [0.15, 0.2) is 0 Å². The van der Waals surface area contributed by atoms with Crippen molar-refractivity contribution in [2.75, 3.05) is 13.7 Å². The van der Waals surface area contributed by atoms with Gasteiger partial charge in [0, 0.05) is 13.7 Å². The van der Waals surface area contributed by atoms with Gasteiger partial charge in [-0.15, -0.1) is 0 Å². The fourth-order valence-corrected chi connectivity index (χ4v) is 1.20. The van der Waals surface area contributed by atoms with Crippen molar-refractivity contribution in [3.63, 3.8) is 0 Å². The number of amides is 1. The minimum absolute atomic E-state index is 0.339. The van der Waals surface area contributed by atoms with E-state index in [4.69, 9.17) is 15.6 Å². The van der Waals surface area contributed by atoms with E-state index in [1.807, 2.05) is 0 Å². The molecule has 0 aromatic rings. The van der Waals surface area contributed by atoms with Gasteiger partial charge in [0.05, 0.1) is 6.04 Å². The first-order valence-corrected chi connectivity index (χ1v) is 5.30. The first-order chi connectivity index (χ1) is 7.52. The molecule has 0 heterocycles. The second-order valence-corrected chi connectivity index (χ2v) is 3.55. The van der Waals surface area contributed by atoms with Crippen LogP contribution in [0.5, 0.6) is 0 Å². The van der Waals surface area contributed by atoms with Gasteiger partial charge in [-0.1, -0.05) is 6.92 Å². The summed E-state index contributed by atoms with van der Waals surface area (Å²) in [7, 11) is 1.57. The van der Waals surface area contributed by atoms with Gasteiger partial charge >= 0.3 is 5.97 Å². The molecule has 94 valence electrons. The van der Waals surface area contributed by atoms with Crippen molar-refractivity contribution in [3.05, 3.63) is 0 Å². The van der Waals surface area contributed by atoms with E-state index in [0.717, 1.165) is 0 Å². The molecule has 16 heavy (non-hydrogen) atoms. The van der Waals surface area contributed by atoms with Gasteiger partial charge in [0.15, 0.2) is 0 Å². The number of nitrogens with two attached hydrogens (primary N) is 1. The Morgan fingerprint density at radius 1 is 1.50 bits per heavy atom. The molecule has 0 radical (unpaired) electrons.